The van der Waals surface area contributed by atoms with Gasteiger partial charge in [0, 0.05) is 24.2 Å². The standard InChI is InChI=1S/C16H22N2O/c1-3-5-13-18(4-2)16(19)15-10-8-14(9-11-15)7-6-12-17/h8-11H,3-5,12-13,17H2,1-2H3. The Bertz CT molecular complexity index is 454. The average molecular weight is 258 g/mol. The van der Waals surface area contributed by atoms with Crippen LogP contribution >= 0.6 is 0 Å². The van der Waals surface area contributed by atoms with Gasteiger partial charge >= 0.3 is 0 Å². The van der Waals surface area contributed by atoms with Crippen LogP contribution in [0.4, 0.5) is 0 Å². The monoisotopic (exact) mass is 258 g/mol. The normalized spacial score (nSPS) is 9.63. The zero-order chi connectivity index (χ0) is 14.1. The highest BCUT2D eigenvalue weighted by Crippen LogP contribution is 2.08. The van der Waals surface area contributed by atoms with Crippen molar-refractivity contribution in [3.05, 3.63) is 35.4 Å². The van der Waals surface area contributed by atoms with E-state index in [0.717, 1.165) is 37.1 Å². The summed E-state index contributed by atoms with van der Waals surface area (Å²) in [6.45, 7) is 6.05. The number of rotatable bonds is 5. The van der Waals surface area contributed by atoms with E-state index in [9.17, 15) is 4.79 Å². The third-order valence-corrected chi connectivity index (χ3v) is 2.92. The molecule has 0 aromatic heterocycles. The third-order valence-electron chi connectivity index (χ3n) is 2.92. The van der Waals surface area contributed by atoms with E-state index in [-0.39, 0.29) is 5.91 Å². The van der Waals surface area contributed by atoms with Gasteiger partial charge in [-0.25, -0.2) is 0 Å². The van der Waals surface area contributed by atoms with Gasteiger partial charge in [0.15, 0.2) is 0 Å². The Morgan fingerprint density at radius 1 is 1.26 bits per heavy atom. The molecule has 0 aliphatic rings. The van der Waals surface area contributed by atoms with Crippen LogP contribution in [0.25, 0.3) is 0 Å². The summed E-state index contributed by atoms with van der Waals surface area (Å²) in [7, 11) is 0. The molecule has 0 bridgehead atoms. The zero-order valence-electron chi connectivity index (χ0n) is 11.8. The van der Waals surface area contributed by atoms with Crippen LogP contribution in [0.15, 0.2) is 24.3 Å². The third kappa shape index (κ3) is 4.76. The summed E-state index contributed by atoms with van der Waals surface area (Å²) in [6, 6.07) is 7.39. The van der Waals surface area contributed by atoms with Crippen molar-refractivity contribution in [2.24, 2.45) is 5.73 Å². The van der Waals surface area contributed by atoms with Gasteiger partial charge < -0.3 is 10.6 Å². The zero-order valence-corrected chi connectivity index (χ0v) is 11.8. The Hall–Kier alpha value is -1.79. The molecule has 0 spiro atoms. The van der Waals surface area contributed by atoms with E-state index < -0.39 is 0 Å². The Balaban J connectivity index is 2.75. The minimum atomic E-state index is 0.0919. The maximum atomic E-state index is 12.3. The molecule has 0 aliphatic carbocycles. The Kier molecular flexibility index (Phi) is 6.70. The van der Waals surface area contributed by atoms with Crippen molar-refractivity contribution in [3.8, 4) is 11.8 Å². The van der Waals surface area contributed by atoms with Crippen LogP contribution in [0.2, 0.25) is 0 Å². The topological polar surface area (TPSA) is 46.3 Å². The lowest BCUT2D eigenvalue weighted by Crippen LogP contribution is -2.31. The van der Waals surface area contributed by atoms with E-state index >= 15 is 0 Å². The van der Waals surface area contributed by atoms with Gasteiger partial charge in [0.2, 0.25) is 0 Å². The summed E-state index contributed by atoms with van der Waals surface area (Å²) in [4.78, 5) is 14.2. The molecule has 102 valence electrons. The molecule has 0 saturated heterocycles. The molecule has 2 N–H and O–H groups in total. The fraction of sp³-hybridized carbons (Fsp3) is 0.438. The molecular formula is C16H22N2O. The number of carbonyl (C=O) groups excluding carboxylic acids is 1. The van der Waals surface area contributed by atoms with E-state index in [1.807, 2.05) is 36.1 Å². The highest BCUT2D eigenvalue weighted by atomic mass is 16.2. The van der Waals surface area contributed by atoms with E-state index in [2.05, 4.69) is 18.8 Å². The molecule has 1 aromatic rings. The van der Waals surface area contributed by atoms with Crippen molar-refractivity contribution in [2.75, 3.05) is 19.6 Å². The number of hydrogen-bond donors (Lipinski definition) is 1. The van der Waals surface area contributed by atoms with Crippen LogP contribution in [-0.4, -0.2) is 30.4 Å². The molecule has 0 saturated carbocycles. The molecule has 19 heavy (non-hydrogen) atoms. The van der Waals surface area contributed by atoms with Crippen molar-refractivity contribution in [1.82, 2.24) is 4.90 Å². The fourth-order valence-corrected chi connectivity index (χ4v) is 1.78. The van der Waals surface area contributed by atoms with Gasteiger partial charge in [-0.1, -0.05) is 25.2 Å². The summed E-state index contributed by atoms with van der Waals surface area (Å²) >= 11 is 0. The Morgan fingerprint density at radius 3 is 2.47 bits per heavy atom. The first-order valence-corrected chi connectivity index (χ1v) is 6.81. The predicted octanol–water partition coefficient (Wildman–Crippen LogP) is 2.26. The average Bonchev–Trinajstić information content (AvgIpc) is 2.46. The van der Waals surface area contributed by atoms with Gasteiger partial charge in [-0.05, 0) is 37.6 Å². The minimum Gasteiger partial charge on any atom is -0.339 e. The van der Waals surface area contributed by atoms with Gasteiger partial charge in [0.1, 0.15) is 0 Å². The number of amides is 1. The number of benzene rings is 1. The van der Waals surface area contributed by atoms with E-state index in [4.69, 9.17) is 5.73 Å². The first kappa shape index (κ1) is 15.3. The van der Waals surface area contributed by atoms with Crippen LogP contribution < -0.4 is 5.73 Å². The number of nitrogens with zero attached hydrogens (tertiary/aromatic N) is 1. The first-order valence-electron chi connectivity index (χ1n) is 6.81. The molecule has 1 rings (SSSR count). The first-order chi connectivity index (χ1) is 9.22. The van der Waals surface area contributed by atoms with Crippen LogP contribution in [0, 0.1) is 11.8 Å². The molecule has 0 radical (unpaired) electrons. The molecular weight excluding hydrogens is 236 g/mol. The smallest absolute Gasteiger partial charge is 0.253 e. The lowest BCUT2D eigenvalue weighted by Gasteiger charge is -2.20. The maximum absolute atomic E-state index is 12.3. The summed E-state index contributed by atoms with van der Waals surface area (Å²) in [5, 5.41) is 0. The van der Waals surface area contributed by atoms with Gasteiger partial charge in [-0.15, -0.1) is 0 Å². The number of hydrogen-bond acceptors (Lipinski definition) is 2. The molecule has 0 fully saturated rings. The molecule has 0 atom stereocenters. The SMILES string of the molecule is CCCCN(CC)C(=O)c1ccc(C#CCN)cc1. The molecule has 3 heteroatoms. The lowest BCUT2D eigenvalue weighted by molar-refractivity contribution is 0.0762. The van der Waals surface area contributed by atoms with Crippen LogP contribution in [0.5, 0.6) is 0 Å². The summed E-state index contributed by atoms with van der Waals surface area (Å²) in [5.74, 6) is 5.84. The summed E-state index contributed by atoms with van der Waals surface area (Å²) < 4.78 is 0. The largest absolute Gasteiger partial charge is 0.339 e. The van der Waals surface area contributed by atoms with Crippen LogP contribution in [-0.2, 0) is 0 Å². The minimum absolute atomic E-state index is 0.0919. The second kappa shape index (κ2) is 8.34. The van der Waals surface area contributed by atoms with Crippen molar-refractivity contribution < 1.29 is 4.79 Å². The predicted molar refractivity (Wildman–Crippen MR) is 78.9 cm³/mol. The molecule has 1 amide bonds. The van der Waals surface area contributed by atoms with Crippen molar-refractivity contribution in [3.63, 3.8) is 0 Å². The molecule has 1 aromatic carbocycles. The van der Waals surface area contributed by atoms with E-state index in [1.54, 1.807) is 0 Å². The highest BCUT2D eigenvalue weighted by Gasteiger charge is 2.12. The van der Waals surface area contributed by atoms with Crippen molar-refractivity contribution in [2.45, 2.75) is 26.7 Å². The molecule has 0 unspecified atom stereocenters. The van der Waals surface area contributed by atoms with Crippen LogP contribution in [0.3, 0.4) is 0 Å². The van der Waals surface area contributed by atoms with Gasteiger partial charge in [0.25, 0.3) is 5.91 Å². The second-order valence-corrected chi connectivity index (χ2v) is 4.32. The molecule has 3 nitrogen and oxygen atoms in total. The van der Waals surface area contributed by atoms with Gasteiger partial charge in [-0.2, -0.15) is 0 Å². The highest BCUT2D eigenvalue weighted by molar-refractivity contribution is 5.94. The molecule has 0 aliphatic heterocycles. The summed E-state index contributed by atoms with van der Waals surface area (Å²) in [6.07, 6.45) is 2.14. The quantitative estimate of drug-likeness (QED) is 0.823. The second-order valence-electron chi connectivity index (χ2n) is 4.32. The Morgan fingerprint density at radius 2 is 1.95 bits per heavy atom. The van der Waals surface area contributed by atoms with Crippen molar-refractivity contribution >= 4 is 5.91 Å². The maximum Gasteiger partial charge on any atom is 0.253 e. The van der Waals surface area contributed by atoms with Crippen molar-refractivity contribution in [1.29, 1.82) is 0 Å². The van der Waals surface area contributed by atoms with E-state index in [0.29, 0.717) is 6.54 Å². The van der Waals surface area contributed by atoms with E-state index in [1.165, 1.54) is 0 Å². The van der Waals surface area contributed by atoms with Gasteiger partial charge in [-0.3, -0.25) is 4.79 Å². The summed E-state index contributed by atoms with van der Waals surface area (Å²) in [5.41, 5.74) is 6.93. The number of unbranched alkanes of at least 4 members (excludes halogenated alkanes) is 1. The fourth-order valence-electron chi connectivity index (χ4n) is 1.78. The molecule has 0 heterocycles. The number of carbonyl (C=O) groups is 1. The lowest BCUT2D eigenvalue weighted by atomic mass is 10.1. The Labute approximate surface area is 115 Å². The van der Waals surface area contributed by atoms with Crippen LogP contribution in [0.1, 0.15) is 42.6 Å². The van der Waals surface area contributed by atoms with Gasteiger partial charge in [0.05, 0.1) is 6.54 Å². The number of nitrogens with two attached hydrogens (primary N) is 1.